The van der Waals surface area contributed by atoms with Crippen molar-refractivity contribution in [2.45, 2.75) is 93.1 Å². The van der Waals surface area contributed by atoms with Gasteiger partial charge >= 0.3 is 0 Å². The van der Waals surface area contributed by atoms with Crippen LogP contribution < -0.4 is 0 Å². The third-order valence-electron chi connectivity index (χ3n) is 9.15. The smallest absolute Gasteiger partial charge is 0.191 e. The Hall–Kier alpha value is -1.51. The van der Waals surface area contributed by atoms with Crippen molar-refractivity contribution in [3.63, 3.8) is 0 Å². The van der Waals surface area contributed by atoms with Crippen molar-refractivity contribution in [3.8, 4) is 0 Å². The summed E-state index contributed by atoms with van der Waals surface area (Å²) >= 11 is 0. The largest absolute Gasteiger partial charge is 0.500 e. The lowest BCUT2D eigenvalue weighted by molar-refractivity contribution is -0.117. The first-order valence-corrected chi connectivity index (χ1v) is 12.9. The fourth-order valence-corrected chi connectivity index (χ4v) is 7.35. The first-order chi connectivity index (χ1) is 14.9. The molecule has 0 saturated heterocycles. The molecule has 178 valence electrons. The minimum atomic E-state index is -0.435. The molecule has 1 spiro atoms. The van der Waals surface area contributed by atoms with Gasteiger partial charge in [0.1, 0.15) is 17.1 Å². The molecule has 32 heavy (non-hydrogen) atoms. The molecule has 0 N–H and O–H groups in total. The summed E-state index contributed by atoms with van der Waals surface area (Å²) in [6, 6.07) is 0. The molecule has 1 saturated carbocycles. The lowest BCUT2D eigenvalue weighted by Crippen LogP contribution is -2.49. The fourth-order valence-electron chi connectivity index (χ4n) is 7.35. The third-order valence-corrected chi connectivity index (χ3v) is 9.15. The van der Waals surface area contributed by atoms with Crippen LogP contribution in [0.5, 0.6) is 0 Å². The normalized spacial score (nSPS) is 36.8. The van der Waals surface area contributed by atoms with Gasteiger partial charge in [0.05, 0.1) is 12.5 Å². The molecule has 4 aliphatic rings. The molecular formula is C29H44O3. The van der Waals surface area contributed by atoms with Gasteiger partial charge in [-0.1, -0.05) is 40.2 Å². The number of ketones is 1. The van der Waals surface area contributed by atoms with Crippen molar-refractivity contribution in [2.24, 2.45) is 40.9 Å². The van der Waals surface area contributed by atoms with Gasteiger partial charge in [-0.15, -0.1) is 0 Å². The molecule has 1 aliphatic heterocycles. The van der Waals surface area contributed by atoms with Crippen LogP contribution in [0, 0.1) is 40.9 Å². The number of hydrogen-bond acceptors (Lipinski definition) is 3. The minimum absolute atomic E-state index is 0.123. The van der Waals surface area contributed by atoms with Gasteiger partial charge in [-0.05, 0) is 94.5 Å². The Morgan fingerprint density at radius 3 is 2.31 bits per heavy atom. The van der Waals surface area contributed by atoms with E-state index in [0.29, 0.717) is 23.7 Å². The zero-order chi connectivity index (χ0) is 23.6. The number of carbonyl (C=O) groups is 1. The molecule has 0 unspecified atom stereocenters. The summed E-state index contributed by atoms with van der Waals surface area (Å²) in [6.45, 7) is 17.9. The van der Waals surface area contributed by atoms with Crippen molar-refractivity contribution >= 4 is 5.78 Å². The molecule has 0 amide bonds. The van der Waals surface area contributed by atoms with Gasteiger partial charge in [0, 0.05) is 11.1 Å². The summed E-state index contributed by atoms with van der Waals surface area (Å²) in [7, 11) is 1.68. The topological polar surface area (TPSA) is 35.5 Å². The fraction of sp³-hybridized carbons (Fsp3) is 0.759. The Labute approximate surface area is 195 Å². The van der Waals surface area contributed by atoms with E-state index in [4.69, 9.17) is 9.47 Å². The quantitative estimate of drug-likeness (QED) is 0.434. The van der Waals surface area contributed by atoms with E-state index in [1.54, 1.807) is 12.7 Å². The zero-order valence-electron chi connectivity index (χ0n) is 21.8. The maximum absolute atomic E-state index is 13.5. The highest BCUT2D eigenvalue weighted by molar-refractivity contribution is 6.10. The summed E-state index contributed by atoms with van der Waals surface area (Å²) in [5, 5.41) is 0. The van der Waals surface area contributed by atoms with Gasteiger partial charge in [-0.25, -0.2) is 0 Å². The number of hydrogen-bond donors (Lipinski definition) is 0. The monoisotopic (exact) mass is 440 g/mol. The van der Waals surface area contributed by atoms with Crippen molar-refractivity contribution in [2.75, 3.05) is 7.11 Å². The average Bonchev–Trinajstić information content (AvgIpc) is 2.72. The summed E-state index contributed by atoms with van der Waals surface area (Å²) in [6.07, 6.45) is 8.34. The Bertz CT molecular complexity index is 884. The molecular weight excluding hydrogens is 396 g/mol. The Morgan fingerprint density at radius 1 is 1.06 bits per heavy atom. The predicted octanol–water partition coefficient (Wildman–Crippen LogP) is 7.24. The van der Waals surface area contributed by atoms with Gasteiger partial charge in [0.25, 0.3) is 0 Å². The molecule has 4 rings (SSSR count). The first kappa shape index (κ1) is 23.6. The van der Waals surface area contributed by atoms with Gasteiger partial charge in [-0.3, -0.25) is 4.79 Å². The van der Waals surface area contributed by atoms with Gasteiger partial charge in [0.15, 0.2) is 5.78 Å². The molecule has 0 aromatic carbocycles. The highest BCUT2D eigenvalue weighted by Gasteiger charge is 2.54. The Kier molecular flexibility index (Phi) is 5.96. The average molecular weight is 441 g/mol. The lowest BCUT2D eigenvalue weighted by atomic mass is 9.59. The van der Waals surface area contributed by atoms with Crippen LogP contribution >= 0.6 is 0 Å². The number of ether oxygens (including phenoxy) is 2. The van der Waals surface area contributed by atoms with Crippen molar-refractivity contribution in [3.05, 3.63) is 34.3 Å². The highest BCUT2D eigenvalue weighted by atomic mass is 16.5. The molecule has 5 atom stereocenters. The molecule has 0 bridgehead atoms. The van der Waals surface area contributed by atoms with E-state index >= 15 is 0 Å². The maximum Gasteiger partial charge on any atom is 0.191 e. The van der Waals surface area contributed by atoms with Gasteiger partial charge in [0.2, 0.25) is 0 Å². The SMILES string of the molecule is COC1=C(C)C(=O)C2=C(O[C@@]3(C=C4[C@H](C(C)C)CC[C@@H](C)[C@H]4CC3)C[C@@H]2C(C)C)C1(C)C. The highest BCUT2D eigenvalue weighted by Crippen LogP contribution is 2.57. The van der Waals surface area contributed by atoms with Crippen LogP contribution in [-0.2, 0) is 14.3 Å². The van der Waals surface area contributed by atoms with E-state index in [1.165, 1.54) is 19.3 Å². The number of carbonyl (C=O) groups excluding carboxylic acids is 1. The van der Waals surface area contributed by atoms with Crippen LogP contribution in [0.4, 0.5) is 0 Å². The van der Waals surface area contributed by atoms with Crippen molar-refractivity contribution in [1.29, 1.82) is 0 Å². The van der Waals surface area contributed by atoms with Crippen LogP contribution in [0.2, 0.25) is 0 Å². The maximum atomic E-state index is 13.5. The Morgan fingerprint density at radius 2 is 1.72 bits per heavy atom. The second kappa shape index (κ2) is 8.06. The molecule has 1 fully saturated rings. The van der Waals surface area contributed by atoms with Crippen LogP contribution in [0.3, 0.4) is 0 Å². The van der Waals surface area contributed by atoms with E-state index < -0.39 is 5.41 Å². The second-order valence-corrected chi connectivity index (χ2v) is 12.3. The molecule has 1 heterocycles. The van der Waals surface area contributed by atoms with Gasteiger partial charge < -0.3 is 9.47 Å². The first-order valence-electron chi connectivity index (χ1n) is 12.9. The number of allylic oxidation sites excluding steroid dienone is 3. The van der Waals surface area contributed by atoms with Crippen LogP contribution in [0.25, 0.3) is 0 Å². The van der Waals surface area contributed by atoms with Crippen LogP contribution in [0.15, 0.2) is 34.3 Å². The van der Waals surface area contributed by atoms with E-state index in [0.717, 1.165) is 41.4 Å². The molecule has 0 aromatic heterocycles. The van der Waals surface area contributed by atoms with E-state index in [9.17, 15) is 4.79 Å². The molecule has 3 heteroatoms. The van der Waals surface area contributed by atoms with Crippen LogP contribution in [0.1, 0.15) is 87.5 Å². The lowest BCUT2D eigenvalue weighted by Gasteiger charge is -2.52. The van der Waals surface area contributed by atoms with Crippen LogP contribution in [-0.4, -0.2) is 18.5 Å². The summed E-state index contributed by atoms with van der Waals surface area (Å²) in [4.78, 5) is 13.5. The minimum Gasteiger partial charge on any atom is -0.500 e. The molecule has 3 nitrogen and oxygen atoms in total. The van der Waals surface area contributed by atoms with E-state index in [1.807, 2.05) is 6.92 Å². The predicted molar refractivity (Wildman–Crippen MR) is 130 cm³/mol. The Balaban J connectivity index is 1.84. The van der Waals surface area contributed by atoms with E-state index in [2.05, 4.69) is 54.5 Å². The second-order valence-electron chi connectivity index (χ2n) is 12.3. The molecule has 3 aliphatic carbocycles. The molecule has 0 radical (unpaired) electrons. The summed E-state index contributed by atoms with van der Waals surface area (Å²) in [5.74, 6) is 5.11. The standard InChI is InChI=1S/C29H44O3/c1-16(2)20-11-10-18(5)21-12-13-29(15-23(20)21)14-22(17(3)4)24-25(30)19(6)26(31-9)28(7,8)27(24)32-29/h15-18,20-22H,10-14H2,1-9H3/t18-,20+,21-,22-,29-/m1/s1. The number of fused-ring (bicyclic) bond motifs is 1. The number of Topliss-reactive ketones (excluding diaryl/α,β-unsaturated/α-hetero) is 1. The van der Waals surface area contributed by atoms with Crippen molar-refractivity contribution < 1.29 is 14.3 Å². The summed E-state index contributed by atoms with van der Waals surface area (Å²) < 4.78 is 12.8. The molecule has 0 aromatic rings. The van der Waals surface area contributed by atoms with E-state index in [-0.39, 0.29) is 17.3 Å². The van der Waals surface area contributed by atoms with Crippen molar-refractivity contribution in [1.82, 2.24) is 0 Å². The number of rotatable bonds is 3. The summed E-state index contributed by atoms with van der Waals surface area (Å²) in [5.41, 5.74) is 2.56. The zero-order valence-corrected chi connectivity index (χ0v) is 21.8. The number of methoxy groups -OCH3 is 1. The third kappa shape index (κ3) is 3.49. The van der Waals surface area contributed by atoms with Gasteiger partial charge in [-0.2, -0.15) is 0 Å².